The first kappa shape index (κ1) is 7.49. The average Bonchev–Trinajstić information content (AvgIpc) is 1.31. The van der Waals surface area contributed by atoms with Crippen LogP contribution in [0.15, 0.2) is 0 Å². The molecule has 2 heteroatoms. The molecule has 0 aromatic carbocycles. The summed E-state index contributed by atoms with van der Waals surface area (Å²) in [6, 6.07) is 0. The molecule has 0 heterocycles. The molecule has 0 nitrogen and oxygen atoms in total. The summed E-state index contributed by atoms with van der Waals surface area (Å²) in [5.41, 5.74) is 0. The quantitative estimate of drug-likeness (QED) is 0.364. The summed E-state index contributed by atoms with van der Waals surface area (Å²) in [5, 5.41) is 0. The molecule has 0 aromatic heterocycles. The van der Waals surface area contributed by atoms with Gasteiger partial charge >= 0.3 is 47.2 Å². The van der Waals surface area contributed by atoms with E-state index in [4.69, 9.17) is 0 Å². The van der Waals surface area contributed by atoms with Crippen LogP contribution < -0.4 is 0 Å². The van der Waals surface area contributed by atoms with Crippen molar-refractivity contribution in [1.82, 2.24) is 0 Å². The first-order valence-corrected chi connectivity index (χ1v) is 6.52. The summed E-state index contributed by atoms with van der Waals surface area (Å²) in [6.07, 6.45) is 0.937. The van der Waals surface area contributed by atoms with Gasteiger partial charge in [-0.3, -0.25) is 0 Å². The van der Waals surface area contributed by atoms with Crippen LogP contribution >= 0.6 is 7.14 Å². The van der Waals surface area contributed by atoms with Gasteiger partial charge in [-0.15, -0.1) is 0 Å². The van der Waals surface area contributed by atoms with E-state index in [1.807, 2.05) is 0 Å². The van der Waals surface area contributed by atoms with Crippen molar-refractivity contribution < 1.29 is 0 Å². The molecule has 0 aliphatic carbocycles. The van der Waals surface area contributed by atoms with Crippen molar-refractivity contribution in [3.8, 4) is 0 Å². The Balaban J connectivity index is 3.54. The standard InChI is InChI=1S/C5H16BP/c1-6(2)7(3,4)5/h7H,1-5H3. The third-order valence-electron chi connectivity index (χ3n) is 1.73. The number of rotatable bonds is 1. The molecule has 0 spiro atoms. The van der Waals surface area contributed by atoms with Gasteiger partial charge in [-0.2, -0.15) is 0 Å². The van der Waals surface area contributed by atoms with E-state index in [9.17, 15) is 0 Å². The van der Waals surface area contributed by atoms with Crippen molar-refractivity contribution in [2.45, 2.75) is 13.6 Å². The molecule has 44 valence electrons. The van der Waals surface area contributed by atoms with Crippen molar-refractivity contribution in [3.05, 3.63) is 0 Å². The monoisotopic (exact) mass is 118 g/mol. The van der Waals surface area contributed by atoms with E-state index in [-0.39, 0.29) is 0 Å². The normalized spacial score (nSPS) is 13.9. The summed E-state index contributed by atoms with van der Waals surface area (Å²) < 4.78 is 0. The zero-order chi connectivity index (χ0) is 6.08. The van der Waals surface area contributed by atoms with Crippen LogP contribution in [0.2, 0.25) is 13.6 Å². The fourth-order valence-corrected chi connectivity index (χ4v) is 0. The minimum absolute atomic E-state index is 0.735. The molecular weight excluding hydrogens is 102 g/mol. The molecule has 0 amide bonds. The molecule has 0 saturated carbocycles. The van der Waals surface area contributed by atoms with Gasteiger partial charge in [0.05, 0.1) is 0 Å². The summed E-state index contributed by atoms with van der Waals surface area (Å²) >= 11 is 0. The Hall–Kier alpha value is 0.495. The van der Waals surface area contributed by atoms with Crippen LogP contribution in [0.5, 0.6) is 0 Å². The Morgan fingerprint density at radius 2 is 1.14 bits per heavy atom. The van der Waals surface area contributed by atoms with Gasteiger partial charge in [0, 0.05) is 0 Å². The Labute approximate surface area is 48.1 Å². The van der Waals surface area contributed by atoms with Crippen molar-refractivity contribution in [3.63, 3.8) is 0 Å². The molecule has 0 rings (SSSR count). The van der Waals surface area contributed by atoms with E-state index in [2.05, 4.69) is 33.6 Å². The molecule has 0 radical (unpaired) electrons. The van der Waals surface area contributed by atoms with Gasteiger partial charge in [-0.05, 0) is 0 Å². The molecule has 0 unspecified atom stereocenters. The maximum atomic E-state index is 2.40. The third-order valence-corrected chi connectivity index (χ3v) is 5.20. The zero-order valence-corrected chi connectivity index (χ0v) is 7.08. The molecular formula is C5H16BP. The van der Waals surface area contributed by atoms with E-state index < -0.39 is 7.14 Å². The van der Waals surface area contributed by atoms with E-state index in [1.165, 1.54) is 0 Å². The summed E-state index contributed by atoms with van der Waals surface area (Å²) in [5.74, 6) is 0. The van der Waals surface area contributed by atoms with Crippen molar-refractivity contribution >= 4 is 13.6 Å². The minimum atomic E-state index is -0.735. The van der Waals surface area contributed by atoms with Crippen molar-refractivity contribution in [2.75, 3.05) is 20.0 Å². The average molecular weight is 118 g/mol. The van der Waals surface area contributed by atoms with Gasteiger partial charge in [0.25, 0.3) is 0 Å². The molecule has 0 bridgehead atoms. The maximum absolute atomic E-state index is 2.40. The van der Waals surface area contributed by atoms with Gasteiger partial charge in [0.2, 0.25) is 0 Å². The van der Waals surface area contributed by atoms with Crippen LogP contribution in [0.1, 0.15) is 0 Å². The molecule has 0 aromatic rings. The Morgan fingerprint density at radius 3 is 1.14 bits per heavy atom. The SMILES string of the molecule is CB(C)[PH](C)(C)C. The molecule has 0 aliphatic rings. The Bertz CT molecular complexity index is 53.6. The first-order valence-electron chi connectivity index (χ1n) is 2.94. The van der Waals surface area contributed by atoms with Crippen LogP contribution in [-0.2, 0) is 0 Å². The van der Waals surface area contributed by atoms with E-state index in [1.54, 1.807) is 0 Å². The van der Waals surface area contributed by atoms with Gasteiger partial charge in [-0.1, -0.05) is 0 Å². The predicted octanol–water partition coefficient (Wildman–Crippen LogP) is 1.88. The van der Waals surface area contributed by atoms with Crippen molar-refractivity contribution in [1.29, 1.82) is 0 Å². The third kappa shape index (κ3) is 3.11. The predicted molar refractivity (Wildman–Crippen MR) is 43.6 cm³/mol. The van der Waals surface area contributed by atoms with Crippen LogP contribution in [0.25, 0.3) is 0 Å². The van der Waals surface area contributed by atoms with E-state index >= 15 is 0 Å². The fourth-order valence-electron chi connectivity index (χ4n) is 0. The molecule has 0 N–H and O–H groups in total. The second-order valence-corrected chi connectivity index (χ2v) is 9.41. The molecule has 0 atom stereocenters. The van der Waals surface area contributed by atoms with E-state index in [0.717, 1.165) is 6.43 Å². The van der Waals surface area contributed by atoms with Crippen LogP contribution in [0, 0.1) is 0 Å². The van der Waals surface area contributed by atoms with E-state index in [0.29, 0.717) is 0 Å². The molecule has 0 fully saturated rings. The van der Waals surface area contributed by atoms with Gasteiger partial charge < -0.3 is 0 Å². The fraction of sp³-hybridized carbons (Fsp3) is 1.00. The second-order valence-electron chi connectivity index (χ2n) is 3.52. The van der Waals surface area contributed by atoms with Crippen LogP contribution in [0.3, 0.4) is 0 Å². The topological polar surface area (TPSA) is 0 Å². The first-order chi connectivity index (χ1) is 2.94. The summed E-state index contributed by atoms with van der Waals surface area (Å²) in [6.45, 7) is 11.8. The van der Waals surface area contributed by atoms with Crippen LogP contribution in [0.4, 0.5) is 0 Å². The molecule has 7 heavy (non-hydrogen) atoms. The molecule has 0 saturated heterocycles. The number of hydrogen-bond acceptors (Lipinski definition) is 0. The van der Waals surface area contributed by atoms with Gasteiger partial charge in [0.15, 0.2) is 0 Å². The van der Waals surface area contributed by atoms with Crippen LogP contribution in [-0.4, -0.2) is 26.4 Å². The molecule has 0 aliphatic heterocycles. The number of hydrogen-bond donors (Lipinski definition) is 0. The van der Waals surface area contributed by atoms with Crippen molar-refractivity contribution in [2.24, 2.45) is 0 Å². The Kier molecular flexibility index (Phi) is 2.33. The summed E-state index contributed by atoms with van der Waals surface area (Å²) in [4.78, 5) is 0. The second kappa shape index (κ2) is 2.18. The van der Waals surface area contributed by atoms with Gasteiger partial charge in [-0.25, -0.2) is 0 Å². The van der Waals surface area contributed by atoms with Gasteiger partial charge in [0.1, 0.15) is 0 Å². The Morgan fingerprint density at radius 1 is 1.00 bits per heavy atom. The summed E-state index contributed by atoms with van der Waals surface area (Å²) in [7, 11) is -0.735. The zero-order valence-electron chi connectivity index (χ0n) is 6.08.